The first-order valence-electron chi connectivity index (χ1n) is 7.52. The molecule has 2 amide bonds. The summed E-state index contributed by atoms with van der Waals surface area (Å²) in [7, 11) is 4.52. The molecule has 0 aliphatic rings. The number of carbonyl (C=O) groups is 2. The second-order valence-corrected chi connectivity index (χ2v) is 5.01. The van der Waals surface area contributed by atoms with E-state index in [-0.39, 0.29) is 6.54 Å². The van der Waals surface area contributed by atoms with E-state index in [0.29, 0.717) is 22.9 Å². The highest BCUT2D eigenvalue weighted by molar-refractivity contribution is 6.39. The molecule has 7 nitrogen and oxygen atoms in total. The zero-order valence-corrected chi connectivity index (χ0v) is 14.3. The van der Waals surface area contributed by atoms with Gasteiger partial charge in [-0.15, -0.1) is 0 Å². The average molecular weight is 344 g/mol. The molecule has 2 aromatic carbocycles. The molecule has 0 saturated heterocycles. The molecule has 0 aliphatic heterocycles. The van der Waals surface area contributed by atoms with Gasteiger partial charge in [-0.25, -0.2) is 0 Å². The summed E-state index contributed by atoms with van der Waals surface area (Å²) in [6.07, 6.45) is 0. The van der Waals surface area contributed by atoms with Crippen molar-refractivity contribution in [2.24, 2.45) is 0 Å². The molecule has 7 heteroatoms. The van der Waals surface area contributed by atoms with Crippen molar-refractivity contribution in [1.82, 2.24) is 5.32 Å². The zero-order valence-electron chi connectivity index (χ0n) is 14.3. The number of hydrogen-bond acceptors (Lipinski definition) is 5. The molecule has 0 aliphatic carbocycles. The smallest absolute Gasteiger partial charge is 0.313 e. The first-order chi connectivity index (χ1) is 12.1. The van der Waals surface area contributed by atoms with E-state index in [2.05, 4.69) is 10.6 Å². The summed E-state index contributed by atoms with van der Waals surface area (Å²) >= 11 is 0. The number of hydrogen-bond donors (Lipinski definition) is 2. The number of para-hydroxylation sites is 1. The Kier molecular flexibility index (Phi) is 6.22. The van der Waals surface area contributed by atoms with Gasteiger partial charge < -0.3 is 24.8 Å². The minimum atomic E-state index is -0.804. The minimum absolute atomic E-state index is 0.172. The maximum atomic E-state index is 12.1. The first-order valence-corrected chi connectivity index (χ1v) is 7.52. The Morgan fingerprint density at radius 1 is 0.880 bits per heavy atom. The normalized spacial score (nSPS) is 9.88. The largest absolute Gasteiger partial charge is 0.497 e. The first kappa shape index (κ1) is 18.1. The Morgan fingerprint density at radius 2 is 1.60 bits per heavy atom. The van der Waals surface area contributed by atoms with E-state index in [1.807, 2.05) is 18.2 Å². The standard InChI is InChI=1S/C18H20N2O5/c1-23-13-8-9-16(25-3)14(10-13)20-18(22)17(21)19-11-12-6-4-5-7-15(12)24-2/h4-10H,11H2,1-3H3,(H,19,21)(H,20,22). The highest BCUT2D eigenvalue weighted by atomic mass is 16.5. The number of carbonyl (C=O) groups excluding carboxylic acids is 2. The lowest BCUT2D eigenvalue weighted by Gasteiger charge is -2.12. The molecule has 0 fully saturated rings. The van der Waals surface area contributed by atoms with E-state index in [1.165, 1.54) is 14.2 Å². The van der Waals surface area contributed by atoms with Crippen LogP contribution in [-0.4, -0.2) is 33.1 Å². The van der Waals surface area contributed by atoms with Gasteiger partial charge in [0.25, 0.3) is 0 Å². The molecule has 0 heterocycles. The molecule has 2 aromatic rings. The summed E-state index contributed by atoms with van der Waals surface area (Å²) in [5.41, 5.74) is 1.12. The summed E-state index contributed by atoms with van der Waals surface area (Å²) in [6.45, 7) is 0.172. The lowest BCUT2D eigenvalue weighted by molar-refractivity contribution is -0.136. The fraction of sp³-hybridized carbons (Fsp3) is 0.222. The van der Waals surface area contributed by atoms with Crippen LogP contribution in [0, 0.1) is 0 Å². The molecule has 0 saturated carbocycles. The van der Waals surface area contributed by atoms with Gasteiger partial charge in [0.2, 0.25) is 0 Å². The average Bonchev–Trinajstić information content (AvgIpc) is 2.66. The number of nitrogens with one attached hydrogen (secondary N) is 2. The van der Waals surface area contributed by atoms with Crippen molar-refractivity contribution >= 4 is 17.5 Å². The van der Waals surface area contributed by atoms with E-state index in [9.17, 15) is 9.59 Å². The van der Waals surface area contributed by atoms with Gasteiger partial charge in [-0.05, 0) is 18.2 Å². The van der Waals surface area contributed by atoms with Crippen LogP contribution in [0.3, 0.4) is 0 Å². The van der Waals surface area contributed by atoms with Crippen LogP contribution >= 0.6 is 0 Å². The van der Waals surface area contributed by atoms with Gasteiger partial charge in [0.1, 0.15) is 17.2 Å². The van der Waals surface area contributed by atoms with Crippen molar-refractivity contribution in [3.8, 4) is 17.2 Å². The number of benzene rings is 2. The number of ether oxygens (including phenoxy) is 3. The summed E-state index contributed by atoms with van der Waals surface area (Å²) in [5, 5.41) is 5.07. The molecule has 0 spiro atoms. The monoisotopic (exact) mass is 344 g/mol. The molecule has 0 aromatic heterocycles. The van der Waals surface area contributed by atoms with E-state index in [4.69, 9.17) is 14.2 Å². The quantitative estimate of drug-likeness (QED) is 0.783. The van der Waals surface area contributed by atoms with Crippen LogP contribution in [0.2, 0.25) is 0 Å². The predicted octanol–water partition coefficient (Wildman–Crippen LogP) is 1.97. The van der Waals surface area contributed by atoms with E-state index < -0.39 is 11.8 Å². The molecule has 0 atom stereocenters. The summed E-state index contributed by atoms with van der Waals surface area (Å²) in [4.78, 5) is 24.1. The number of rotatable bonds is 6. The number of amides is 2. The predicted molar refractivity (Wildman–Crippen MR) is 93.0 cm³/mol. The highest BCUT2D eigenvalue weighted by Crippen LogP contribution is 2.28. The fourth-order valence-electron chi connectivity index (χ4n) is 2.20. The summed E-state index contributed by atoms with van der Waals surface area (Å²) in [6, 6.07) is 12.1. The van der Waals surface area contributed by atoms with Crippen molar-refractivity contribution in [2.45, 2.75) is 6.54 Å². The zero-order chi connectivity index (χ0) is 18.2. The van der Waals surface area contributed by atoms with Crippen LogP contribution in [0.1, 0.15) is 5.56 Å². The lowest BCUT2D eigenvalue weighted by atomic mass is 10.2. The molecule has 2 N–H and O–H groups in total. The Bertz CT molecular complexity index is 761. The van der Waals surface area contributed by atoms with Crippen LogP contribution in [-0.2, 0) is 16.1 Å². The van der Waals surface area contributed by atoms with Gasteiger partial charge in [0.05, 0.1) is 27.0 Å². The Labute approximate surface area is 145 Å². The van der Waals surface area contributed by atoms with Crippen molar-refractivity contribution < 1.29 is 23.8 Å². The lowest BCUT2D eigenvalue weighted by Crippen LogP contribution is -2.35. The van der Waals surface area contributed by atoms with Crippen LogP contribution in [0.5, 0.6) is 17.2 Å². The van der Waals surface area contributed by atoms with Crippen LogP contribution in [0.4, 0.5) is 5.69 Å². The summed E-state index contributed by atoms with van der Waals surface area (Å²) in [5.74, 6) is 0.0205. The Morgan fingerprint density at radius 3 is 2.28 bits per heavy atom. The summed E-state index contributed by atoms with van der Waals surface area (Å²) < 4.78 is 15.5. The second kappa shape index (κ2) is 8.58. The van der Waals surface area contributed by atoms with Crippen molar-refractivity contribution in [2.75, 3.05) is 26.6 Å². The Balaban J connectivity index is 2.02. The van der Waals surface area contributed by atoms with Crippen molar-refractivity contribution in [3.63, 3.8) is 0 Å². The third-order valence-corrected chi connectivity index (χ3v) is 3.49. The van der Waals surface area contributed by atoms with Gasteiger partial charge in [-0.3, -0.25) is 9.59 Å². The van der Waals surface area contributed by atoms with E-state index >= 15 is 0 Å². The molecule has 0 bridgehead atoms. The third-order valence-electron chi connectivity index (χ3n) is 3.49. The third kappa shape index (κ3) is 4.63. The Hall–Kier alpha value is -3.22. The molecular formula is C18H20N2O5. The van der Waals surface area contributed by atoms with Crippen molar-refractivity contribution in [3.05, 3.63) is 48.0 Å². The van der Waals surface area contributed by atoms with Crippen LogP contribution in [0.15, 0.2) is 42.5 Å². The molecule has 25 heavy (non-hydrogen) atoms. The molecular weight excluding hydrogens is 324 g/mol. The van der Waals surface area contributed by atoms with Crippen LogP contribution in [0.25, 0.3) is 0 Å². The van der Waals surface area contributed by atoms with E-state index in [0.717, 1.165) is 5.56 Å². The van der Waals surface area contributed by atoms with E-state index in [1.54, 1.807) is 31.4 Å². The SMILES string of the molecule is COc1ccc(OC)c(NC(=O)C(=O)NCc2ccccc2OC)c1. The highest BCUT2D eigenvalue weighted by Gasteiger charge is 2.16. The number of anilines is 1. The van der Waals surface area contributed by atoms with Gasteiger partial charge in [0.15, 0.2) is 0 Å². The van der Waals surface area contributed by atoms with Crippen molar-refractivity contribution in [1.29, 1.82) is 0 Å². The second-order valence-electron chi connectivity index (χ2n) is 5.01. The topological polar surface area (TPSA) is 85.9 Å². The fourth-order valence-corrected chi connectivity index (χ4v) is 2.20. The van der Waals surface area contributed by atoms with Gasteiger partial charge in [-0.1, -0.05) is 18.2 Å². The maximum Gasteiger partial charge on any atom is 0.313 e. The maximum absolute atomic E-state index is 12.1. The van der Waals surface area contributed by atoms with Gasteiger partial charge in [-0.2, -0.15) is 0 Å². The minimum Gasteiger partial charge on any atom is -0.497 e. The van der Waals surface area contributed by atoms with Crippen LogP contribution < -0.4 is 24.8 Å². The molecule has 2 rings (SSSR count). The van der Waals surface area contributed by atoms with Gasteiger partial charge >= 0.3 is 11.8 Å². The molecule has 0 unspecified atom stereocenters. The molecule has 132 valence electrons. The number of methoxy groups -OCH3 is 3. The van der Waals surface area contributed by atoms with Gasteiger partial charge in [0, 0.05) is 18.2 Å². The molecule has 0 radical (unpaired) electrons.